The Morgan fingerprint density at radius 2 is 1.96 bits per heavy atom. The van der Waals surface area contributed by atoms with Gasteiger partial charge in [-0.2, -0.15) is 5.10 Å². The van der Waals surface area contributed by atoms with Gasteiger partial charge in [0.15, 0.2) is 0 Å². The van der Waals surface area contributed by atoms with Crippen LogP contribution in [0.15, 0.2) is 78.3 Å². The van der Waals surface area contributed by atoms with Crippen LogP contribution < -0.4 is 10.1 Å². The summed E-state index contributed by atoms with van der Waals surface area (Å²) in [7, 11) is 1.62. The van der Waals surface area contributed by atoms with Crippen molar-refractivity contribution in [1.82, 2.24) is 15.1 Å². The van der Waals surface area contributed by atoms with Gasteiger partial charge in [-0.15, -0.1) is 11.3 Å². The highest BCUT2D eigenvalue weighted by molar-refractivity contribution is 7.09. The number of rotatable bonds is 6. The topological polar surface area (TPSA) is 56.2 Å². The molecule has 4 aromatic rings. The van der Waals surface area contributed by atoms with Gasteiger partial charge >= 0.3 is 0 Å². The van der Waals surface area contributed by atoms with E-state index in [2.05, 4.69) is 5.32 Å². The van der Waals surface area contributed by atoms with Crippen LogP contribution in [0.1, 0.15) is 15.2 Å². The van der Waals surface area contributed by atoms with Crippen molar-refractivity contribution in [2.75, 3.05) is 7.11 Å². The molecule has 28 heavy (non-hydrogen) atoms. The van der Waals surface area contributed by atoms with Gasteiger partial charge in [-0.05, 0) is 35.7 Å². The molecule has 0 saturated heterocycles. The molecule has 0 atom stereocenters. The highest BCUT2D eigenvalue weighted by Crippen LogP contribution is 2.27. The first-order valence-electron chi connectivity index (χ1n) is 8.84. The second-order valence-electron chi connectivity index (χ2n) is 6.17. The number of methoxy groups -OCH3 is 1. The number of hydrogen-bond acceptors (Lipinski definition) is 4. The lowest BCUT2D eigenvalue weighted by Gasteiger charge is -2.06. The normalized spacial score (nSPS) is 10.6. The van der Waals surface area contributed by atoms with Gasteiger partial charge in [0.05, 0.1) is 24.9 Å². The Labute approximate surface area is 167 Å². The van der Waals surface area contributed by atoms with E-state index < -0.39 is 0 Å². The maximum Gasteiger partial charge on any atom is 0.255 e. The molecule has 2 heterocycles. The average molecular weight is 389 g/mol. The quantitative estimate of drug-likeness (QED) is 0.527. The fraction of sp³-hybridized carbons (Fsp3) is 0.0909. The van der Waals surface area contributed by atoms with Crippen molar-refractivity contribution < 1.29 is 9.53 Å². The monoisotopic (exact) mass is 389 g/mol. The van der Waals surface area contributed by atoms with E-state index >= 15 is 0 Å². The van der Waals surface area contributed by atoms with Crippen molar-refractivity contribution in [3.63, 3.8) is 0 Å². The van der Waals surface area contributed by atoms with Crippen LogP contribution in [0.2, 0.25) is 0 Å². The number of benzene rings is 2. The minimum Gasteiger partial charge on any atom is -0.497 e. The van der Waals surface area contributed by atoms with Crippen molar-refractivity contribution >= 4 is 17.2 Å². The number of aromatic nitrogens is 2. The maximum absolute atomic E-state index is 12.9. The first-order chi connectivity index (χ1) is 13.7. The molecule has 4 rings (SSSR count). The fourth-order valence-electron chi connectivity index (χ4n) is 2.91. The molecule has 0 unspecified atom stereocenters. The summed E-state index contributed by atoms with van der Waals surface area (Å²) in [5.41, 5.74) is 2.86. The standard InChI is InChI=1S/C22H19N3O2S/c1-27-18-10-5-7-16(13-18)21-20(22(26)23-14-19-11-6-12-28-19)15-25(24-21)17-8-3-2-4-9-17/h2-13,15H,14H2,1H3,(H,23,26). The maximum atomic E-state index is 12.9. The van der Waals surface area contributed by atoms with Crippen LogP contribution in [0.25, 0.3) is 16.9 Å². The minimum absolute atomic E-state index is 0.159. The fourth-order valence-corrected chi connectivity index (χ4v) is 3.56. The number of nitrogens with one attached hydrogen (secondary N) is 1. The average Bonchev–Trinajstić information content (AvgIpc) is 3.43. The lowest BCUT2D eigenvalue weighted by atomic mass is 10.1. The Hall–Kier alpha value is -3.38. The summed E-state index contributed by atoms with van der Waals surface area (Å²) in [6.07, 6.45) is 1.77. The van der Waals surface area contributed by atoms with E-state index in [9.17, 15) is 4.79 Å². The summed E-state index contributed by atoms with van der Waals surface area (Å²) >= 11 is 1.62. The largest absolute Gasteiger partial charge is 0.497 e. The Balaban J connectivity index is 1.72. The van der Waals surface area contributed by atoms with Crippen LogP contribution >= 0.6 is 11.3 Å². The van der Waals surface area contributed by atoms with E-state index in [0.717, 1.165) is 21.9 Å². The van der Waals surface area contributed by atoms with Crippen molar-refractivity contribution in [2.45, 2.75) is 6.54 Å². The Morgan fingerprint density at radius 1 is 1.11 bits per heavy atom. The molecule has 0 saturated carbocycles. The first kappa shape index (κ1) is 18.0. The molecule has 140 valence electrons. The van der Waals surface area contributed by atoms with Crippen LogP contribution in [-0.4, -0.2) is 22.8 Å². The van der Waals surface area contributed by atoms with Gasteiger partial charge in [-0.3, -0.25) is 4.79 Å². The Morgan fingerprint density at radius 3 is 2.71 bits per heavy atom. The van der Waals surface area contributed by atoms with Crippen LogP contribution in [0, 0.1) is 0 Å². The summed E-state index contributed by atoms with van der Waals surface area (Å²) in [4.78, 5) is 14.0. The SMILES string of the molecule is COc1cccc(-c2nn(-c3ccccc3)cc2C(=O)NCc2cccs2)c1. The van der Waals surface area contributed by atoms with E-state index in [4.69, 9.17) is 9.84 Å². The zero-order chi connectivity index (χ0) is 19.3. The summed E-state index contributed by atoms with van der Waals surface area (Å²) in [5.74, 6) is 0.560. The second-order valence-corrected chi connectivity index (χ2v) is 7.20. The first-order valence-corrected chi connectivity index (χ1v) is 9.72. The molecule has 0 aliphatic heterocycles. The van der Waals surface area contributed by atoms with E-state index in [-0.39, 0.29) is 5.91 Å². The van der Waals surface area contributed by atoms with Crippen LogP contribution in [0.4, 0.5) is 0 Å². The number of carbonyl (C=O) groups excluding carboxylic acids is 1. The lowest BCUT2D eigenvalue weighted by Crippen LogP contribution is -2.22. The van der Waals surface area contributed by atoms with Crippen molar-refractivity contribution in [1.29, 1.82) is 0 Å². The van der Waals surface area contributed by atoms with Gasteiger partial charge in [0.2, 0.25) is 0 Å². The van der Waals surface area contributed by atoms with Gasteiger partial charge in [0, 0.05) is 16.6 Å². The van der Waals surface area contributed by atoms with Crippen molar-refractivity contribution in [3.8, 4) is 22.7 Å². The molecule has 0 fully saturated rings. The molecule has 2 aromatic heterocycles. The smallest absolute Gasteiger partial charge is 0.255 e. The molecule has 1 amide bonds. The van der Waals surface area contributed by atoms with Gasteiger partial charge in [-0.1, -0.05) is 36.4 Å². The van der Waals surface area contributed by atoms with Gasteiger partial charge in [-0.25, -0.2) is 4.68 Å². The predicted molar refractivity (Wildman–Crippen MR) is 111 cm³/mol. The number of para-hydroxylation sites is 1. The molecule has 0 aliphatic carbocycles. The number of ether oxygens (including phenoxy) is 1. The molecule has 2 aromatic carbocycles. The third-order valence-corrected chi connectivity index (χ3v) is 5.20. The summed E-state index contributed by atoms with van der Waals surface area (Å²) in [6.45, 7) is 0.491. The molecule has 0 bridgehead atoms. The molecule has 1 N–H and O–H groups in total. The molecule has 5 nitrogen and oxygen atoms in total. The zero-order valence-electron chi connectivity index (χ0n) is 15.3. The Kier molecular flexibility index (Phi) is 5.21. The van der Waals surface area contributed by atoms with Crippen molar-refractivity contribution in [2.24, 2.45) is 0 Å². The number of amides is 1. The Bertz CT molecular complexity index is 1070. The van der Waals surface area contributed by atoms with Gasteiger partial charge in [0.25, 0.3) is 5.91 Å². The molecule has 6 heteroatoms. The number of carbonyl (C=O) groups is 1. The van der Waals surface area contributed by atoms with Gasteiger partial charge < -0.3 is 10.1 Å². The lowest BCUT2D eigenvalue weighted by molar-refractivity contribution is 0.0952. The third-order valence-electron chi connectivity index (χ3n) is 4.33. The molecule has 0 spiro atoms. The molecular weight excluding hydrogens is 370 g/mol. The number of hydrogen-bond donors (Lipinski definition) is 1. The third kappa shape index (κ3) is 3.82. The highest BCUT2D eigenvalue weighted by atomic mass is 32.1. The molecule has 0 radical (unpaired) electrons. The van der Waals surface area contributed by atoms with E-state index in [1.807, 2.05) is 72.1 Å². The van der Waals surface area contributed by atoms with Crippen molar-refractivity contribution in [3.05, 3.63) is 88.7 Å². The van der Waals surface area contributed by atoms with Crippen LogP contribution in [0.3, 0.4) is 0 Å². The van der Waals surface area contributed by atoms with Gasteiger partial charge in [0.1, 0.15) is 11.4 Å². The van der Waals surface area contributed by atoms with E-state index in [0.29, 0.717) is 17.8 Å². The number of nitrogens with zero attached hydrogens (tertiary/aromatic N) is 2. The number of thiophene rings is 1. The van der Waals surface area contributed by atoms with Crippen LogP contribution in [-0.2, 0) is 6.54 Å². The van der Waals surface area contributed by atoms with Crippen LogP contribution in [0.5, 0.6) is 5.75 Å². The minimum atomic E-state index is -0.159. The predicted octanol–water partition coefficient (Wildman–Crippen LogP) is 4.54. The summed E-state index contributed by atoms with van der Waals surface area (Å²) in [6, 6.07) is 21.3. The van der Waals surface area contributed by atoms with E-state index in [1.165, 1.54) is 0 Å². The summed E-state index contributed by atoms with van der Waals surface area (Å²) in [5, 5.41) is 9.68. The zero-order valence-corrected chi connectivity index (χ0v) is 16.1. The summed E-state index contributed by atoms with van der Waals surface area (Å²) < 4.78 is 7.06. The molecular formula is C22H19N3O2S. The second kappa shape index (κ2) is 8.10. The highest BCUT2D eigenvalue weighted by Gasteiger charge is 2.19. The van der Waals surface area contributed by atoms with E-state index in [1.54, 1.807) is 29.3 Å². The molecule has 0 aliphatic rings.